The SMILES string of the molecule is CCNc1ncc(Br)c(Oc2ccc(C#N)c(F)c2)n1. The minimum absolute atomic E-state index is 0.0348. The van der Waals surface area contributed by atoms with Crippen LogP contribution in [0, 0.1) is 17.1 Å². The number of anilines is 1. The fourth-order valence-electron chi connectivity index (χ4n) is 1.43. The van der Waals surface area contributed by atoms with Gasteiger partial charge in [-0.15, -0.1) is 0 Å². The summed E-state index contributed by atoms with van der Waals surface area (Å²) >= 11 is 3.26. The summed E-state index contributed by atoms with van der Waals surface area (Å²) in [5.74, 6) is 0.297. The van der Waals surface area contributed by atoms with Crippen molar-refractivity contribution < 1.29 is 9.13 Å². The fourth-order valence-corrected chi connectivity index (χ4v) is 1.70. The lowest BCUT2D eigenvalue weighted by atomic mass is 10.2. The van der Waals surface area contributed by atoms with Crippen LogP contribution in [0.3, 0.4) is 0 Å². The number of hydrogen-bond donors (Lipinski definition) is 1. The van der Waals surface area contributed by atoms with Crippen molar-refractivity contribution in [1.29, 1.82) is 5.26 Å². The highest BCUT2D eigenvalue weighted by molar-refractivity contribution is 9.10. The Morgan fingerprint density at radius 1 is 1.50 bits per heavy atom. The van der Waals surface area contributed by atoms with Crippen molar-refractivity contribution in [3.8, 4) is 17.7 Å². The topological polar surface area (TPSA) is 70.8 Å². The molecule has 7 heteroatoms. The molecular weight excluding hydrogens is 327 g/mol. The van der Waals surface area contributed by atoms with E-state index in [1.807, 2.05) is 6.92 Å². The van der Waals surface area contributed by atoms with Crippen LogP contribution in [0.4, 0.5) is 10.3 Å². The zero-order valence-electron chi connectivity index (χ0n) is 10.5. The van der Waals surface area contributed by atoms with Crippen molar-refractivity contribution in [3.63, 3.8) is 0 Å². The molecule has 0 unspecified atom stereocenters. The Morgan fingerprint density at radius 3 is 2.95 bits per heavy atom. The third kappa shape index (κ3) is 3.22. The summed E-state index contributed by atoms with van der Waals surface area (Å²) < 4.78 is 19.5. The molecule has 0 saturated carbocycles. The van der Waals surface area contributed by atoms with Crippen LogP contribution in [0.25, 0.3) is 0 Å². The summed E-state index contributed by atoms with van der Waals surface area (Å²) in [5.41, 5.74) is -0.0348. The van der Waals surface area contributed by atoms with Gasteiger partial charge in [-0.2, -0.15) is 10.2 Å². The van der Waals surface area contributed by atoms with Gasteiger partial charge in [-0.25, -0.2) is 9.37 Å². The second-order valence-corrected chi connectivity index (χ2v) is 4.59. The minimum atomic E-state index is -0.637. The normalized spacial score (nSPS) is 9.90. The number of benzene rings is 1. The molecule has 20 heavy (non-hydrogen) atoms. The molecule has 2 rings (SSSR count). The summed E-state index contributed by atoms with van der Waals surface area (Å²) in [4.78, 5) is 8.20. The predicted octanol–water partition coefficient (Wildman–Crippen LogP) is 3.47. The van der Waals surface area contributed by atoms with Crippen LogP contribution < -0.4 is 10.1 Å². The standard InChI is InChI=1S/C13H10BrFN4O/c1-2-17-13-18-7-10(14)12(19-13)20-9-4-3-8(6-16)11(15)5-9/h3-5,7H,2H2,1H3,(H,17,18,19). The van der Waals surface area contributed by atoms with Gasteiger partial charge in [0.15, 0.2) is 0 Å². The lowest BCUT2D eigenvalue weighted by Crippen LogP contribution is -2.03. The van der Waals surface area contributed by atoms with Crippen LogP contribution in [0.5, 0.6) is 11.6 Å². The molecule has 102 valence electrons. The lowest BCUT2D eigenvalue weighted by molar-refractivity contribution is 0.454. The number of rotatable bonds is 4. The smallest absolute Gasteiger partial charge is 0.238 e. The maximum atomic E-state index is 13.5. The second kappa shape index (κ2) is 6.30. The third-order valence-electron chi connectivity index (χ3n) is 2.32. The van der Waals surface area contributed by atoms with E-state index in [1.54, 1.807) is 12.3 Å². The van der Waals surface area contributed by atoms with Gasteiger partial charge in [0, 0.05) is 12.6 Å². The van der Waals surface area contributed by atoms with Gasteiger partial charge >= 0.3 is 0 Å². The van der Waals surface area contributed by atoms with Crippen LogP contribution in [-0.4, -0.2) is 16.5 Å². The molecule has 0 amide bonds. The molecule has 0 saturated heterocycles. The molecular formula is C13H10BrFN4O. The van der Waals surface area contributed by atoms with Gasteiger partial charge in [-0.3, -0.25) is 0 Å². The molecule has 2 aromatic rings. The molecule has 0 aliphatic heterocycles. The highest BCUT2D eigenvalue weighted by Gasteiger charge is 2.09. The maximum absolute atomic E-state index is 13.5. The van der Waals surface area contributed by atoms with Gasteiger partial charge in [0.2, 0.25) is 11.8 Å². The first-order valence-corrected chi connectivity index (χ1v) is 6.57. The van der Waals surface area contributed by atoms with Crippen molar-refractivity contribution in [2.45, 2.75) is 6.92 Å². The van der Waals surface area contributed by atoms with Crippen LogP contribution in [-0.2, 0) is 0 Å². The molecule has 1 aromatic carbocycles. The predicted molar refractivity (Wildman–Crippen MR) is 75.1 cm³/mol. The van der Waals surface area contributed by atoms with Crippen LogP contribution >= 0.6 is 15.9 Å². The summed E-state index contributed by atoms with van der Waals surface area (Å²) in [6, 6.07) is 5.74. The molecule has 5 nitrogen and oxygen atoms in total. The molecule has 0 fully saturated rings. The monoisotopic (exact) mass is 336 g/mol. The van der Waals surface area contributed by atoms with Gasteiger partial charge in [0.1, 0.15) is 17.6 Å². The highest BCUT2D eigenvalue weighted by Crippen LogP contribution is 2.28. The molecule has 0 atom stereocenters. The zero-order chi connectivity index (χ0) is 14.5. The van der Waals surface area contributed by atoms with Crippen molar-refractivity contribution >= 4 is 21.9 Å². The quantitative estimate of drug-likeness (QED) is 0.925. The van der Waals surface area contributed by atoms with Gasteiger partial charge in [-0.05, 0) is 35.0 Å². The van der Waals surface area contributed by atoms with E-state index in [-0.39, 0.29) is 17.2 Å². The highest BCUT2D eigenvalue weighted by atomic mass is 79.9. The first kappa shape index (κ1) is 14.2. The molecule has 1 aromatic heterocycles. The molecule has 0 radical (unpaired) electrons. The van der Waals surface area contributed by atoms with E-state index in [9.17, 15) is 4.39 Å². The van der Waals surface area contributed by atoms with Crippen LogP contribution in [0.1, 0.15) is 12.5 Å². The average Bonchev–Trinajstić information content (AvgIpc) is 2.43. The van der Waals surface area contributed by atoms with E-state index in [2.05, 4.69) is 31.2 Å². The number of hydrogen-bond acceptors (Lipinski definition) is 5. The lowest BCUT2D eigenvalue weighted by Gasteiger charge is -2.08. The molecule has 1 N–H and O–H groups in total. The molecule has 0 aliphatic carbocycles. The maximum Gasteiger partial charge on any atom is 0.238 e. The van der Waals surface area contributed by atoms with Gasteiger partial charge in [0.25, 0.3) is 0 Å². The third-order valence-corrected chi connectivity index (χ3v) is 2.87. The largest absolute Gasteiger partial charge is 0.438 e. The summed E-state index contributed by atoms with van der Waals surface area (Å²) in [6.45, 7) is 2.59. The van der Waals surface area contributed by atoms with E-state index >= 15 is 0 Å². The first-order valence-electron chi connectivity index (χ1n) is 5.78. The van der Waals surface area contributed by atoms with E-state index in [4.69, 9.17) is 10.00 Å². The van der Waals surface area contributed by atoms with Gasteiger partial charge in [0.05, 0.1) is 16.2 Å². The number of halogens is 2. The zero-order valence-corrected chi connectivity index (χ0v) is 12.1. The Balaban J connectivity index is 2.27. The number of nitrogens with zero attached hydrogens (tertiary/aromatic N) is 3. The Kier molecular flexibility index (Phi) is 4.48. The number of ether oxygens (including phenoxy) is 1. The number of nitrogens with one attached hydrogen (secondary N) is 1. The summed E-state index contributed by atoms with van der Waals surface area (Å²) in [7, 11) is 0. The Bertz CT molecular complexity index is 672. The fraction of sp³-hybridized carbons (Fsp3) is 0.154. The van der Waals surface area contributed by atoms with Crippen molar-refractivity contribution in [1.82, 2.24) is 9.97 Å². The van der Waals surface area contributed by atoms with E-state index in [1.165, 1.54) is 12.1 Å². The molecule has 0 spiro atoms. The Labute approximate surface area is 123 Å². The number of nitriles is 1. The Morgan fingerprint density at radius 2 is 2.30 bits per heavy atom. The van der Waals surface area contributed by atoms with E-state index < -0.39 is 5.82 Å². The summed E-state index contributed by atoms with van der Waals surface area (Å²) in [5, 5.41) is 11.6. The first-order chi connectivity index (χ1) is 9.63. The van der Waals surface area contributed by atoms with E-state index in [0.29, 0.717) is 17.0 Å². The van der Waals surface area contributed by atoms with E-state index in [0.717, 1.165) is 6.07 Å². The second-order valence-electron chi connectivity index (χ2n) is 3.73. The Hall–Kier alpha value is -2.20. The molecule has 0 aliphatic rings. The van der Waals surface area contributed by atoms with Crippen LogP contribution in [0.15, 0.2) is 28.9 Å². The van der Waals surface area contributed by atoms with Crippen molar-refractivity contribution in [3.05, 3.63) is 40.2 Å². The van der Waals surface area contributed by atoms with Crippen molar-refractivity contribution in [2.24, 2.45) is 0 Å². The van der Waals surface area contributed by atoms with Crippen LogP contribution in [0.2, 0.25) is 0 Å². The number of aromatic nitrogens is 2. The average molecular weight is 337 g/mol. The van der Waals surface area contributed by atoms with Gasteiger partial charge < -0.3 is 10.1 Å². The van der Waals surface area contributed by atoms with Crippen molar-refractivity contribution in [2.75, 3.05) is 11.9 Å². The molecule has 0 bridgehead atoms. The minimum Gasteiger partial charge on any atom is -0.438 e. The molecule has 1 heterocycles. The summed E-state index contributed by atoms with van der Waals surface area (Å²) in [6.07, 6.45) is 1.54. The van der Waals surface area contributed by atoms with Gasteiger partial charge in [-0.1, -0.05) is 0 Å².